The highest BCUT2D eigenvalue weighted by Crippen LogP contribution is 2.31. The van der Waals surface area contributed by atoms with Crippen LogP contribution in [-0.4, -0.2) is 21.4 Å². The molecule has 0 fully saturated rings. The molecule has 0 aliphatic rings. The van der Waals surface area contributed by atoms with Crippen LogP contribution in [0.25, 0.3) is 22.0 Å². The Balaban J connectivity index is 1.57. The van der Waals surface area contributed by atoms with Gasteiger partial charge in [-0.3, -0.25) is 14.3 Å². The van der Waals surface area contributed by atoms with Crippen molar-refractivity contribution in [2.75, 3.05) is 11.6 Å². The summed E-state index contributed by atoms with van der Waals surface area (Å²) in [4.78, 5) is 17.7. The molecule has 0 aliphatic carbocycles. The minimum absolute atomic E-state index is 0.234. The number of aromatic nitrogens is 1. The van der Waals surface area contributed by atoms with Crippen molar-refractivity contribution >= 4 is 43.9 Å². The number of hydrogen-bond acceptors (Lipinski definition) is 4. The van der Waals surface area contributed by atoms with Gasteiger partial charge >= 0.3 is 0 Å². The van der Waals surface area contributed by atoms with E-state index in [9.17, 15) is 9.00 Å². The van der Waals surface area contributed by atoms with E-state index in [4.69, 9.17) is 0 Å². The fourth-order valence-corrected chi connectivity index (χ4v) is 4.10. The summed E-state index contributed by atoms with van der Waals surface area (Å²) < 4.78 is 11.5. The third-order valence-electron chi connectivity index (χ3n) is 4.24. The maximum atomic E-state index is 12.4. The van der Waals surface area contributed by atoms with Gasteiger partial charge in [0, 0.05) is 38.5 Å². The Kier molecular flexibility index (Phi) is 4.83. The van der Waals surface area contributed by atoms with Crippen LogP contribution in [0.2, 0.25) is 0 Å². The fourth-order valence-electron chi connectivity index (χ4n) is 2.87. The minimum atomic E-state index is -1.06. The van der Waals surface area contributed by atoms with E-state index < -0.39 is 10.8 Å². The maximum absolute atomic E-state index is 12.4. The van der Waals surface area contributed by atoms with E-state index in [0.29, 0.717) is 15.6 Å². The number of carbonyl (C=O) groups is 1. The van der Waals surface area contributed by atoms with E-state index >= 15 is 0 Å². The molecule has 0 saturated heterocycles. The van der Waals surface area contributed by atoms with Crippen molar-refractivity contribution in [3.8, 4) is 11.3 Å². The summed E-state index contributed by atoms with van der Waals surface area (Å²) >= 11 is 1.39. The molecular weight excluding hydrogens is 376 g/mol. The van der Waals surface area contributed by atoms with Crippen LogP contribution in [0.1, 0.15) is 10.4 Å². The van der Waals surface area contributed by atoms with E-state index in [2.05, 4.69) is 28.5 Å². The summed E-state index contributed by atoms with van der Waals surface area (Å²) in [5, 5.41) is 7.62. The number of rotatable bonds is 4. The van der Waals surface area contributed by atoms with Crippen LogP contribution in [0.3, 0.4) is 0 Å². The molecule has 0 saturated carbocycles. The number of nitrogens with one attached hydrogen (secondary N) is 1. The fraction of sp³-hybridized carbons (Fsp3) is 0.0476. The third-order valence-corrected chi connectivity index (χ3v) is 5.93. The second-order valence-corrected chi connectivity index (χ2v) is 8.23. The molecule has 0 unspecified atom stereocenters. The number of hydrogen-bond donors (Lipinski definition) is 1. The molecule has 1 atom stereocenters. The number of nitrogens with zero attached hydrogens (tertiary/aromatic N) is 1. The van der Waals surface area contributed by atoms with Gasteiger partial charge in [0.05, 0.1) is 5.69 Å². The van der Waals surface area contributed by atoms with E-state index in [1.165, 1.54) is 11.3 Å². The molecule has 134 valence electrons. The third kappa shape index (κ3) is 3.67. The number of amides is 1. The van der Waals surface area contributed by atoms with Crippen molar-refractivity contribution in [2.45, 2.75) is 4.90 Å². The van der Waals surface area contributed by atoms with Crippen LogP contribution in [0.15, 0.2) is 77.0 Å². The Hall–Kier alpha value is -2.83. The Labute approximate surface area is 163 Å². The molecule has 4 nitrogen and oxygen atoms in total. The van der Waals surface area contributed by atoms with Crippen molar-refractivity contribution in [1.29, 1.82) is 0 Å². The summed E-state index contributed by atoms with van der Waals surface area (Å²) in [5.41, 5.74) is 2.38. The van der Waals surface area contributed by atoms with Gasteiger partial charge in [0.15, 0.2) is 5.13 Å². The summed E-state index contributed by atoms with van der Waals surface area (Å²) in [5.74, 6) is -0.234. The molecule has 0 bridgehead atoms. The average Bonchev–Trinajstić information content (AvgIpc) is 3.15. The van der Waals surface area contributed by atoms with E-state index in [1.807, 2.05) is 29.6 Å². The molecule has 1 heterocycles. The Bertz CT molecular complexity index is 1150. The second-order valence-electron chi connectivity index (χ2n) is 6.00. The lowest BCUT2D eigenvalue weighted by Crippen LogP contribution is -2.11. The summed E-state index contributed by atoms with van der Waals surface area (Å²) in [6, 6.07) is 21.0. The van der Waals surface area contributed by atoms with Gasteiger partial charge in [-0.15, -0.1) is 11.3 Å². The first-order valence-electron chi connectivity index (χ1n) is 8.30. The van der Waals surface area contributed by atoms with E-state index in [-0.39, 0.29) is 5.91 Å². The molecule has 27 heavy (non-hydrogen) atoms. The highest BCUT2D eigenvalue weighted by Gasteiger charge is 2.12. The van der Waals surface area contributed by atoms with Crippen LogP contribution in [0, 0.1) is 0 Å². The van der Waals surface area contributed by atoms with Gasteiger partial charge in [-0.2, -0.15) is 0 Å². The quantitative estimate of drug-likeness (QED) is 0.534. The predicted octanol–water partition coefficient (Wildman–Crippen LogP) is 4.95. The monoisotopic (exact) mass is 392 g/mol. The van der Waals surface area contributed by atoms with Crippen molar-refractivity contribution in [1.82, 2.24) is 4.98 Å². The summed E-state index contributed by atoms with van der Waals surface area (Å²) in [6.45, 7) is 0. The van der Waals surface area contributed by atoms with Crippen LogP contribution >= 0.6 is 11.3 Å². The molecule has 0 aliphatic heterocycles. The van der Waals surface area contributed by atoms with Crippen LogP contribution in [-0.2, 0) is 10.8 Å². The van der Waals surface area contributed by atoms with Crippen LogP contribution in [0.5, 0.6) is 0 Å². The van der Waals surface area contributed by atoms with Gasteiger partial charge in [0.2, 0.25) is 0 Å². The zero-order chi connectivity index (χ0) is 18.8. The standard InChI is InChI=1S/C21H16N2O2S2/c1-27(25)16-11-9-15(10-12-16)20(24)23-21-22-19(13-26-21)18-8-4-6-14-5-2-3-7-17(14)18/h2-13H,1H3,(H,22,23,24)/t27-/m0/s1. The SMILES string of the molecule is C[S@](=O)c1ccc(C(=O)Nc2nc(-c3cccc4ccccc34)cs2)cc1. The lowest BCUT2D eigenvalue weighted by atomic mass is 10.0. The maximum Gasteiger partial charge on any atom is 0.257 e. The minimum Gasteiger partial charge on any atom is -0.298 e. The smallest absolute Gasteiger partial charge is 0.257 e. The van der Waals surface area contributed by atoms with Crippen LogP contribution in [0.4, 0.5) is 5.13 Å². The van der Waals surface area contributed by atoms with Crippen LogP contribution < -0.4 is 5.32 Å². The summed E-state index contributed by atoms with van der Waals surface area (Å²) in [6.07, 6.45) is 1.61. The van der Waals surface area contributed by atoms with Crippen molar-refractivity contribution < 1.29 is 9.00 Å². The zero-order valence-electron chi connectivity index (χ0n) is 14.5. The highest BCUT2D eigenvalue weighted by molar-refractivity contribution is 7.84. The lowest BCUT2D eigenvalue weighted by molar-refractivity contribution is 0.102. The van der Waals surface area contributed by atoms with Crippen molar-refractivity contribution in [3.63, 3.8) is 0 Å². The van der Waals surface area contributed by atoms with Gasteiger partial charge < -0.3 is 0 Å². The number of anilines is 1. The average molecular weight is 393 g/mol. The molecule has 4 aromatic rings. The van der Waals surface area contributed by atoms with Gasteiger partial charge in [-0.1, -0.05) is 42.5 Å². The number of thiazole rings is 1. The lowest BCUT2D eigenvalue weighted by Gasteiger charge is -2.04. The molecule has 3 aromatic carbocycles. The normalized spacial score (nSPS) is 12.0. The van der Waals surface area contributed by atoms with E-state index in [1.54, 1.807) is 30.5 Å². The van der Waals surface area contributed by atoms with Crippen molar-refractivity contribution in [2.24, 2.45) is 0 Å². The zero-order valence-corrected chi connectivity index (χ0v) is 16.1. The number of carbonyl (C=O) groups excluding carboxylic acids is 1. The van der Waals surface area contributed by atoms with Gasteiger partial charge in [-0.05, 0) is 35.0 Å². The number of fused-ring (bicyclic) bond motifs is 1. The topological polar surface area (TPSA) is 59.1 Å². The Morgan fingerprint density at radius 1 is 1.00 bits per heavy atom. The second kappa shape index (κ2) is 7.42. The molecule has 6 heteroatoms. The molecule has 1 N–H and O–H groups in total. The number of benzene rings is 3. The Morgan fingerprint density at radius 3 is 2.52 bits per heavy atom. The molecule has 0 spiro atoms. The molecular formula is C21H16N2O2S2. The Morgan fingerprint density at radius 2 is 1.74 bits per heavy atom. The molecule has 4 rings (SSSR count). The van der Waals surface area contributed by atoms with Gasteiger partial charge in [0.1, 0.15) is 0 Å². The largest absolute Gasteiger partial charge is 0.298 e. The predicted molar refractivity (Wildman–Crippen MR) is 112 cm³/mol. The van der Waals surface area contributed by atoms with E-state index in [0.717, 1.165) is 22.0 Å². The van der Waals surface area contributed by atoms with Crippen molar-refractivity contribution in [3.05, 3.63) is 77.7 Å². The first-order chi connectivity index (χ1) is 13.1. The first kappa shape index (κ1) is 17.6. The summed E-state index contributed by atoms with van der Waals surface area (Å²) in [7, 11) is -1.06. The van der Waals surface area contributed by atoms with Gasteiger partial charge in [0.25, 0.3) is 5.91 Å². The molecule has 1 aromatic heterocycles. The molecule has 0 radical (unpaired) electrons. The molecule has 1 amide bonds. The highest BCUT2D eigenvalue weighted by atomic mass is 32.2. The van der Waals surface area contributed by atoms with Gasteiger partial charge in [-0.25, -0.2) is 4.98 Å². The first-order valence-corrected chi connectivity index (χ1v) is 10.7.